The second kappa shape index (κ2) is 6.35. The second-order valence-corrected chi connectivity index (χ2v) is 12.8. The van der Waals surface area contributed by atoms with E-state index in [0.717, 1.165) is 37.1 Å². The molecule has 1 aromatic rings. The van der Waals surface area contributed by atoms with Crippen LogP contribution in [0.3, 0.4) is 0 Å². The van der Waals surface area contributed by atoms with Crippen LogP contribution in [-0.2, 0) is 10.2 Å². The summed E-state index contributed by atoms with van der Waals surface area (Å²) in [5.41, 5.74) is 1.87. The van der Waals surface area contributed by atoms with Crippen LogP contribution in [0.1, 0.15) is 36.4 Å². The first-order valence-corrected chi connectivity index (χ1v) is 11.6. The van der Waals surface area contributed by atoms with Gasteiger partial charge in [0.1, 0.15) is 5.78 Å². The van der Waals surface area contributed by atoms with Gasteiger partial charge in [-0.1, -0.05) is 43.9 Å². The second-order valence-electron chi connectivity index (χ2n) is 7.48. The fourth-order valence-corrected chi connectivity index (χ4v) is 6.07. The van der Waals surface area contributed by atoms with Crippen molar-refractivity contribution in [1.29, 1.82) is 5.26 Å². The first kappa shape index (κ1) is 16.9. The summed E-state index contributed by atoms with van der Waals surface area (Å²) < 4.78 is 0. The Morgan fingerprint density at radius 2 is 1.77 bits per heavy atom. The minimum absolute atomic E-state index is 0.0348. The minimum atomic E-state index is -1.60. The van der Waals surface area contributed by atoms with Crippen molar-refractivity contribution in [1.82, 2.24) is 5.32 Å². The maximum absolute atomic E-state index is 12.1. The minimum Gasteiger partial charge on any atom is -0.317 e. The molecule has 0 bridgehead atoms. The lowest BCUT2D eigenvalue weighted by Gasteiger charge is -2.32. The average Bonchev–Trinajstić information content (AvgIpc) is 2.47. The largest absolute Gasteiger partial charge is 0.317 e. The summed E-state index contributed by atoms with van der Waals surface area (Å²) in [5, 5.41) is 13.0. The Hall–Kier alpha value is -1.44. The molecule has 118 valence electrons. The van der Waals surface area contributed by atoms with Crippen molar-refractivity contribution < 1.29 is 4.79 Å². The van der Waals surface area contributed by atoms with Crippen molar-refractivity contribution in [3.63, 3.8) is 0 Å². The van der Waals surface area contributed by atoms with Crippen LogP contribution in [-0.4, -0.2) is 26.9 Å². The number of nitriles is 1. The normalized spacial score (nSPS) is 19.2. The van der Waals surface area contributed by atoms with Gasteiger partial charge in [0.25, 0.3) is 0 Å². The third-order valence-corrected chi connectivity index (χ3v) is 7.21. The lowest BCUT2D eigenvalue weighted by molar-refractivity contribution is -0.116. The monoisotopic (exact) mass is 314 g/mol. The van der Waals surface area contributed by atoms with E-state index in [2.05, 4.69) is 55.3 Å². The van der Waals surface area contributed by atoms with Crippen molar-refractivity contribution in [2.75, 3.05) is 13.1 Å². The van der Waals surface area contributed by atoms with E-state index in [9.17, 15) is 10.1 Å². The van der Waals surface area contributed by atoms with Crippen LogP contribution in [0.15, 0.2) is 24.3 Å². The summed E-state index contributed by atoms with van der Waals surface area (Å²) in [6.45, 7) is 10.2. The highest BCUT2D eigenvalue weighted by Crippen LogP contribution is 2.35. The first-order valence-electron chi connectivity index (χ1n) is 8.03. The van der Waals surface area contributed by atoms with E-state index in [1.165, 1.54) is 0 Å². The fourth-order valence-electron chi connectivity index (χ4n) is 3.66. The Morgan fingerprint density at radius 3 is 2.18 bits per heavy atom. The highest BCUT2D eigenvalue weighted by molar-refractivity contribution is 6.80. The standard InChI is InChI=1S/C18H26N2OSi/c1-14(21)17(22(2,3)4)15-5-7-16(8-6-15)18(13-19)9-11-20-12-10-18/h5-8,17,20H,9-12H2,1-4H3. The summed E-state index contributed by atoms with van der Waals surface area (Å²) >= 11 is 0. The van der Waals surface area contributed by atoms with Gasteiger partial charge in [0, 0.05) is 5.54 Å². The predicted octanol–water partition coefficient (Wildman–Crippen LogP) is 3.38. The molecule has 1 aliphatic heterocycles. The summed E-state index contributed by atoms with van der Waals surface area (Å²) in [5.74, 6) is 0.253. The molecule has 22 heavy (non-hydrogen) atoms. The number of nitrogens with zero attached hydrogens (tertiary/aromatic N) is 1. The van der Waals surface area contributed by atoms with Gasteiger partial charge >= 0.3 is 0 Å². The number of carbonyl (C=O) groups excluding carboxylic acids is 1. The van der Waals surface area contributed by atoms with Crippen LogP contribution in [0, 0.1) is 11.3 Å². The van der Waals surface area contributed by atoms with E-state index in [1.54, 1.807) is 6.92 Å². The Morgan fingerprint density at radius 1 is 1.23 bits per heavy atom. The molecule has 1 fully saturated rings. The van der Waals surface area contributed by atoms with E-state index in [-0.39, 0.29) is 16.7 Å². The van der Waals surface area contributed by atoms with Crippen LogP contribution in [0.2, 0.25) is 19.6 Å². The smallest absolute Gasteiger partial charge is 0.134 e. The predicted molar refractivity (Wildman–Crippen MR) is 92.6 cm³/mol. The number of ketones is 1. The molecule has 2 rings (SSSR count). The topological polar surface area (TPSA) is 52.9 Å². The summed E-state index contributed by atoms with van der Waals surface area (Å²) in [7, 11) is -1.60. The van der Waals surface area contributed by atoms with Gasteiger partial charge < -0.3 is 5.32 Å². The van der Waals surface area contributed by atoms with Crippen molar-refractivity contribution in [3.05, 3.63) is 35.4 Å². The van der Waals surface area contributed by atoms with Gasteiger partial charge in [-0.05, 0) is 44.0 Å². The molecule has 1 heterocycles. The SMILES string of the molecule is CC(=O)C(c1ccc(C2(C#N)CCNCC2)cc1)[Si](C)(C)C. The lowest BCUT2D eigenvalue weighted by Crippen LogP contribution is -2.39. The number of hydrogen-bond acceptors (Lipinski definition) is 3. The molecule has 1 unspecified atom stereocenters. The lowest BCUT2D eigenvalue weighted by atomic mass is 9.74. The van der Waals surface area contributed by atoms with E-state index in [0.29, 0.717) is 0 Å². The molecule has 0 amide bonds. The third kappa shape index (κ3) is 3.31. The maximum Gasteiger partial charge on any atom is 0.134 e. The molecule has 1 saturated heterocycles. The van der Waals surface area contributed by atoms with Crippen LogP contribution in [0.4, 0.5) is 0 Å². The van der Waals surface area contributed by atoms with Crippen LogP contribution >= 0.6 is 0 Å². The van der Waals surface area contributed by atoms with Crippen LogP contribution < -0.4 is 5.32 Å². The zero-order valence-electron chi connectivity index (χ0n) is 14.1. The Kier molecular flexibility index (Phi) is 4.89. The molecule has 1 aliphatic rings. The molecule has 0 radical (unpaired) electrons. The molecule has 1 N–H and O–H groups in total. The van der Waals surface area contributed by atoms with Gasteiger partial charge in [-0.25, -0.2) is 0 Å². The molecule has 1 aromatic carbocycles. The molecule has 0 saturated carbocycles. The number of benzene rings is 1. The number of Topliss-reactive ketones (excluding diaryl/α,β-unsaturated/α-hetero) is 1. The molecule has 0 aliphatic carbocycles. The van der Waals surface area contributed by atoms with E-state index < -0.39 is 8.07 Å². The van der Waals surface area contributed by atoms with Gasteiger partial charge in [0.05, 0.1) is 19.6 Å². The van der Waals surface area contributed by atoms with E-state index >= 15 is 0 Å². The molecule has 1 atom stereocenters. The number of nitrogens with one attached hydrogen (secondary N) is 1. The number of hydrogen-bond donors (Lipinski definition) is 1. The van der Waals surface area contributed by atoms with Gasteiger partial charge in [-0.2, -0.15) is 5.26 Å². The van der Waals surface area contributed by atoms with Crippen molar-refractivity contribution >= 4 is 13.9 Å². The molecule has 0 spiro atoms. The van der Waals surface area contributed by atoms with E-state index in [4.69, 9.17) is 0 Å². The van der Waals surface area contributed by atoms with Crippen molar-refractivity contribution in [2.24, 2.45) is 0 Å². The molecule has 3 nitrogen and oxygen atoms in total. The first-order chi connectivity index (χ1) is 10.3. The third-order valence-electron chi connectivity index (χ3n) is 4.74. The van der Waals surface area contributed by atoms with Gasteiger partial charge in [-0.3, -0.25) is 4.79 Å². The zero-order valence-corrected chi connectivity index (χ0v) is 15.1. The Labute approximate surface area is 134 Å². The quantitative estimate of drug-likeness (QED) is 0.867. The summed E-state index contributed by atoms with van der Waals surface area (Å²) in [6.07, 6.45) is 1.71. The van der Waals surface area contributed by atoms with Crippen LogP contribution in [0.25, 0.3) is 0 Å². The zero-order chi connectivity index (χ0) is 16.4. The Balaban J connectivity index is 2.34. The number of rotatable bonds is 4. The van der Waals surface area contributed by atoms with Gasteiger partial charge in [0.15, 0.2) is 0 Å². The van der Waals surface area contributed by atoms with Gasteiger partial charge in [0.2, 0.25) is 0 Å². The Bertz CT molecular complexity index is 575. The molecule has 0 aromatic heterocycles. The summed E-state index contributed by atoms with van der Waals surface area (Å²) in [4.78, 5) is 12.1. The fraction of sp³-hybridized carbons (Fsp3) is 0.556. The number of carbonyl (C=O) groups is 1. The maximum atomic E-state index is 12.1. The van der Waals surface area contributed by atoms with Crippen molar-refractivity contribution in [2.45, 2.75) is 50.4 Å². The molecular weight excluding hydrogens is 288 g/mol. The van der Waals surface area contributed by atoms with Crippen LogP contribution in [0.5, 0.6) is 0 Å². The average molecular weight is 315 g/mol. The van der Waals surface area contributed by atoms with E-state index in [1.807, 2.05) is 0 Å². The summed E-state index contributed by atoms with van der Waals surface area (Å²) in [6, 6.07) is 10.8. The van der Waals surface area contributed by atoms with Gasteiger partial charge in [-0.15, -0.1) is 0 Å². The molecular formula is C18H26N2OSi. The van der Waals surface area contributed by atoms with Crippen molar-refractivity contribution in [3.8, 4) is 6.07 Å². The molecule has 4 heteroatoms. The highest BCUT2D eigenvalue weighted by atomic mass is 28.3. The highest BCUT2D eigenvalue weighted by Gasteiger charge is 2.35. The number of piperidine rings is 1.